The van der Waals surface area contributed by atoms with Crippen LogP contribution in [0.4, 0.5) is 18.2 Å². The molecule has 38 heavy (non-hydrogen) atoms. The van der Waals surface area contributed by atoms with E-state index in [4.69, 9.17) is 5.73 Å². The minimum Gasteiger partial charge on any atom is -0.389 e. The lowest BCUT2D eigenvalue weighted by molar-refractivity contribution is -0.131. The highest BCUT2D eigenvalue weighted by Crippen LogP contribution is 2.44. The molecular formula is C27H20F3N5O2S. The van der Waals surface area contributed by atoms with Crippen LogP contribution in [0, 0.1) is 23.0 Å². The summed E-state index contributed by atoms with van der Waals surface area (Å²) in [5, 5.41) is 10.5. The van der Waals surface area contributed by atoms with E-state index in [2.05, 4.69) is 6.58 Å². The van der Waals surface area contributed by atoms with E-state index in [0.717, 1.165) is 11.3 Å². The lowest BCUT2D eigenvalue weighted by Crippen LogP contribution is -2.57. The highest BCUT2D eigenvalue weighted by Gasteiger charge is 2.36. The molecule has 2 aromatic heterocycles. The number of aromatic nitrogens is 1. The molecule has 1 saturated heterocycles. The van der Waals surface area contributed by atoms with Gasteiger partial charge in [0.15, 0.2) is 5.83 Å². The fourth-order valence-electron chi connectivity index (χ4n) is 5.67. The second-order valence-corrected chi connectivity index (χ2v) is 10.5. The maximum absolute atomic E-state index is 16.0. The normalized spacial score (nSPS) is 17.3. The molecule has 1 atom stereocenters. The number of hydrogen-bond donors (Lipinski definition) is 1. The van der Waals surface area contributed by atoms with Crippen LogP contribution in [0.3, 0.4) is 0 Å². The van der Waals surface area contributed by atoms with Crippen molar-refractivity contribution in [3.8, 4) is 17.2 Å². The van der Waals surface area contributed by atoms with E-state index in [9.17, 15) is 23.6 Å². The molecule has 192 valence electrons. The van der Waals surface area contributed by atoms with Crippen molar-refractivity contribution in [2.24, 2.45) is 0 Å². The fourth-order valence-corrected chi connectivity index (χ4v) is 6.62. The van der Waals surface area contributed by atoms with Crippen LogP contribution in [0.2, 0.25) is 0 Å². The Labute approximate surface area is 218 Å². The van der Waals surface area contributed by atoms with E-state index >= 15 is 4.39 Å². The molecule has 4 heterocycles. The van der Waals surface area contributed by atoms with Gasteiger partial charge in [0.2, 0.25) is 0 Å². The van der Waals surface area contributed by atoms with Crippen LogP contribution in [0.5, 0.6) is 0 Å². The van der Waals surface area contributed by atoms with Crippen molar-refractivity contribution >= 4 is 49.1 Å². The minimum absolute atomic E-state index is 0.0824. The molecule has 2 amide bonds. The second-order valence-electron chi connectivity index (χ2n) is 9.40. The largest absolute Gasteiger partial charge is 0.389 e. The zero-order chi connectivity index (χ0) is 26.9. The summed E-state index contributed by atoms with van der Waals surface area (Å²) < 4.78 is 46.1. The number of nitriles is 1. The first kappa shape index (κ1) is 24.1. The van der Waals surface area contributed by atoms with Gasteiger partial charge in [0, 0.05) is 48.7 Å². The maximum atomic E-state index is 16.0. The highest BCUT2D eigenvalue weighted by atomic mass is 32.1. The van der Waals surface area contributed by atoms with Gasteiger partial charge in [0.1, 0.15) is 22.7 Å². The van der Waals surface area contributed by atoms with Crippen molar-refractivity contribution in [3.05, 3.63) is 65.6 Å². The quantitative estimate of drug-likeness (QED) is 0.373. The van der Waals surface area contributed by atoms with Crippen molar-refractivity contribution in [1.82, 2.24) is 14.4 Å². The monoisotopic (exact) mass is 535 g/mol. The molecule has 0 aliphatic carbocycles. The molecular weight excluding hydrogens is 515 g/mol. The molecule has 0 saturated carbocycles. The number of nitrogen functional groups attached to an aromatic ring is 1. The van der Waals surface area contributed by atoms with Crippen molar-refractivity contribution in [2.75, 3.05) is 25.4 Å². The number of fused-ring (bicyclic) bond motifs is 2. The first-order valence-corrected chi connectivity index (χ1v) is 12.7. The number of benzene rings is 2. The Morgan fingerprint density at radius 2 is 1.95 bits per heavy atom. The van der Waals surface area contributed by atoms with E-state index < -0.39 is 29.3 Å². The molecule has 0 radical (unpaired) electrons. The zero-order valence-electron chi connectivity index (χ0n) is 19.9. The molecule has 4 aromatic rings. The summed E-state index contributed by atoms with van der Waals surface area (Å²) in [6.45, 7) is 4.00. The number of aryl methyl sites for hydroxylation is 1. The SMILES string of the molecule is C=C(F)C(=O)N1CCN2C(=O)c3cc(F)c(-c4ccc(F)c5sc(N)c(C#N)c45)c4ccn(c34)CCC2C1. The summed E-state index contributed by atoms with van der Waals surface area (Å²) in [6, 6.07) is 7.16. The van der Waals surface area contributed by atoms with E-state index in [0.29, 0.717) is 29.4 Å². The number of anilines is 1. The predicted octanol–water partition coefficient (Wildman–Crippen LogP) is 4.79. The van der Waals surface area contributed by atoms with Crippen LogP contribution in [-0.2, 0) is 11.3 Å². The number of piperazine rings is 1. The van der Waals surface area contributed by atoms with Gasteiger partial charge in [-0.3, -0.25) is 9.59 Å². The summed E-state index contributed by atoms with van der Waals surface area (Å²) in [6.07, 6.45) is 2.24. The third-order valence-electron chi connectivity index (χ3n) is 7.39. The number of thiophene rings is 1. The Bertz CT molecular complexity index is 1750. The Hall–Kier alpha value is -4.30. The molecule has 2 aliphatic heterocycles. The van der Waals surface area contributed by atoms with Crippen molar-refractivity contribution in [1.29, 1.82) is 5.26 Å². The summed E-state index contributed by atoms with van der Waals surface area (Å²) in [5.41, 5.74) is 7.23. The molecule has 11 heteroatoms. The van der Waals surface area contributed by atoms with E-state index in [1.807, 2.05) is 10.6 Å². The zero-order valence-corrected chi connectivity index (χ0v) is 20.7. The van der Waals surface area contributed by atoms with E-state index in [1.54, 1.807) is 17.2 Å². The lowest BCUT2D eigenvalue weighted by atomic mass is 9.93. The number of amides is 2. The smallest absolute Gasteiger partial charge is 0.282 e. The third-order valence-corrected chi connectivity index (χ3v) is 8.42. The average Bonchev–Trinajstić information content (AvgIpc) is 3.47. The van der Waals surface area contributed by atoms with Gasteiger partial charge in [0.25, 0.3) is 11.8 Å². The van der Waals surface area contributed by atoms with Gasteiger partial charge < -0.3 is 20.1 Å². The number of hydrogen-bond acceptors (Lipinski definition) is 5. The molecule has 2 aliphatic rings. The van der Waals surface area contributed by atoms with E-state index in [-0.39, 0.29) is 57.5 Å². The summed E-state index contributed by atoms with van der Waals surface area (Å²) in [5.74, 6) is -3.49. The first-order valence-electron chi connectivity index (χ1n) is 11.9. The highest BCUT2D eigenvalue weighted by molar-refractivity contribution is 7.23. The topological polar surface area (TPSA) is 95.4 Å². The van der Waals surface area contributed by atoms with Crippen LogP contribution in [0.1, 0.15) is 22.3 Å². The minimum atomic E-state index is -1.05. The standard InChI is InChI=1S/C27H20F3N5O2S/c1-13(28)26(36)34-8-9-35-14(12-34)4-6-33-7-5-16-21(20(30)10-17(23(16)33)27(35)37)15-2-3-19(29)24-22(15)18(11-31)25(32)38-24/h2-3,5,7,10,14H,1,4,6,8-9,12,32H2. The number of rotatable bonds is 2. The molecule has 2 N–H and O–H groups in total. The Balaban J connectivity index is 1.51. The van der Waals surface area contributed by atoms with Gasteiger partial charge in [0.05, 0.1) is 27.4 Å². The summed E-state index contributed by atoms with van der Waals surface area (Å²) in [4.78, 5) is 28.8. The average molecular weight is 536 g/mol. The molecule has 1 fully saturated rings. The lowest BCUT2D eigenvalue weighted by Gasteiger charge is -2.42. The number of halogens is 3. The third kappa shape index (κ3) is 3.40. The van der Waals surface area contributed by atoms with Gasteiger partial charge in [-0.15, -0.1) is 11.3 Å². The second kappa shape index (κ2) is 8.63. The van der Waals surface area contributed by atoms with Gasteiger partial charge >= 0.3 is 0 Å². The molecule has 2 aromatic carbocycles. The van der Waals surface area contributed by atoms with E-state index in [1.165, 1.54) is 23.1 Å². The molecule has 6 rings (SSSR count). The fraction of sp³-hybridized carbons (Fsp3) is 0.222. The van der Waals surface area contributed by atoms with Gasteiger partial charge in [-0.05, 0) is 30.2 Å². The molecule has 0 spiro atoms. The Morgan fingerprint density at radius 1 is 1.16 bits per heavy atom. The molecule has 0 bridgehead atoms. The Kier molecular flexibility index (Phi) is 5.47. The van der Waals surface area contributed by atoms with Crippen LogP contribution >= 0.6 is 11.3 Å². The van der Waals surface area contributed by atoms with Crippen LogP contribution in [-0.4, -0.2) is 51.9 Å². The maximum Gasteiger partial charge on any atom is 0.282 e. The molecule has 1 unspecified atom stereocenters. The number of nitrogens with two attached hydrogens (primary N) is 1. The number of carbonyl (C=O) groups is 2. The summed E-state index contributed by atoms with van der Waals surface area (Å²) in [7, 11) is 0. The van der Waals surface area contributed by atoms with Crippen LogP contribution in [0.25, 0.3) is 32.1 Å². The van der Waals surface area contributed by atoms with Gasteiger partial charge in [-0.1, -0.05) is 12.6 Å². The number of nitrogens with zero attached hydrogens (tertiary/aromatic N) is 4. The van der Waals surface area contributed by atoms with Crippen molar-refractivity contribution < 1.29 is 22.8 Å². The Morgan fingerprint density at radius 3 is 2.68 bits per heavy atom. The summed E-state index contributed by atoms with van der Waals surface area (Å²) >= 11 is 0.932. The van der Waals surface area contributed by atoms with Gasteiger partial charge in [-0.25, -0.2) is 13.2 Å². The first-order chi connectivity index (χ1) is 18.2. The molecule has 7 nitrogen and oxygen atoms in total. The predicted molar refractivity (Wildman–Crippen MR) is 138 cm³/mol. The van der Waals surface area contributed by atoms with Crippen molar-refractivity contribution in [3.63, 3.8) is 0 Å². The van der Waals surface area contributed by atoms with Crippen molar-refractivity contribution in [2.45, 2.75) is 19.0 Å². The van der Waals surface area contributed by atoms with Gasteiger partial charge in [-0.2, -0.15) is 5.26 Å². The number of carbonyl (C=O) groups excluding carboxylic acids is 2. The van der Waals surface area contributed by atoms with Crippen LogP contribution in [0.15, 0.2) is 42.9 Å². The van der Waals surface area contributed by atoms with Crippen LogP contribution < -0.4 is 5.73 Å².